The predicted octanol–water partition coefficient (Wildman–Crippen LogP) is 2.15. The molecule has 2 amide bonds. The monoisotopic (exact) mass is 431 g/mol. The molecule has 160 valence electrons. The van der Waals surface area contributed by atoms with E-state index in [0.717, 1.165) is 30.0 Å². The Hall–Kier alpha value is -2.61. The van der Waals surface area contributed by atoms with Gasteiger partial charge < -0.3 is 20.1 Å². The van der Waals surface area contributed by atoms with Crippen LogP contribution >= 0.6 is 11.6 Å². The second-order valence-electron chi connectivity index (χ2n) is 6.92. The molecule has 0 radical (unpaired) electrons. The number of hydrogen-bond acceptors (Lipinski definition) is 5. The van der Waals surface area contributed by atoms with Crippen molar-refractivity contribution in [2.45, 2.75) is 12.6 Å². The maximum atomic E-state index is 12.4. The summed E-state index contributed by atoms with van der Waals surface area (Å²) in [5.74, 6) is -0.626. The van der Waals surface area contributed by atoms with Crippen LogP contribution < -0.4 is 15.4 Å². The summed E-state index contributed by atoms with van der Waals surface area (Å²) in [4.78, 5) is 26.8. The topological polar surface area (TPSA) is 79.9 Å². The predicted molar refractivity (Wildman–Crippen MR) is 114 cm³/mol. The molecule has 1 fully saturated rings. The Kier molecular flexibility index (Phi) is 8.07. The molecule has 0 aromatic heterocycles. The quantitative estimate of drug-likeness (QED) is 0.657. The first-order valence-corrected chi connectivity index (χ1v) is 10.2. The third-order valence-corrected chi connectivity index (χ3v) is 5.39. The van der Waals surface area contributed by atoms with Crippen LogP contribution in [0.1, 0.15) is 17.2 Å². The Morgan fingerprint density at radius 2 is 1.83 bits per heavy atom. The minimum atomic E-state index is -0.693. The van der Waals surface area contributed by atoms with Crippen molar-refractivity contribution in [3.8, 4) is 5.75 Å². The van der Waals surface area contributed by atoms with Crippen LogP contribution in [0.3, 0.4) is 0 Å². The van der Waals surface area contributed by atoms with Gasteiger partial charge in [0.2, 0.25) is 0 Å². The molecule has 1 aliphatic heterocycles. The Bertz CT molecular complexity index is 871. The summed E-state index contributed by atoms with van der Waals surface area (Å²) in [5.41, 5.74) is 1.76. The van der Waals surface area contributed by atoms with E-state index < -0.39 is 11.8 Å². The summed E-state index contributed by atoms with van der Waals surface area (Å²) in [6.07, 6.45) is 0. The van der Waals surface area contributed by atoms with Crippen LogP contribution in [0.4, 0.5) is 0 Å². The van der Waals surface area contributed by atoms with E-state index in [1.54, 1.807) is 19.2 Å². The van der Waals surface area contributed by atoms with Crippen molar-refractivity contribution in [3.63, 3.8) is 0 Å². The van der Waals surface area contributed by atoms with Crippen molar-refractivity contribution in [1.29, 1.82) is 0 Å². The van der Waals surface area contributed by atoms with Gasteiger partial charge in [0, 0.05) is 31.2 Å². The van der Waals surface area contributed by atoms with Gasteiger partial charge in [-0.15, -0.1) is 0 Å². The number of benzene rings is 2. The van der Waals surface area contributed by atoms with Crippen LogP contribution in [-0.4, -0.2) is 56.7 Å². The van der Waals surface area contributed by atoms with Crippen molar-refractivity contribution in [2.75, 3.05) is 40.0 Å². The lowest BCUT2D eigenvalue weighted by Gasteiger charge is -2.35. The summed E-state index contributed by atoms with van der Waals surface area (Å²) in [6, 6.07) is 14.8. The molecule has 1 atom stereocenters. The van der Waals surface area contributed by atoms with Gasteiger partial charge in [0.15, 0.2) is 0 Å². The zero-order valence-electron chi connectivity index (χ0n) is 16.9. The first-order valence-electron chi connectivity index (χ1n) is 9.83. The summed E-state index contributed by atoms with van der Waals surface area (Å²) in [6.45, 7) is 3.24. The number of methoxy groups -OCH3 is 1. The van der Waals surface area contributed by atoms with Gasteiger partial charge in [-0.25, -0.2) is 0 Å². The van der Waals surface area contributed by atoms with Gasteiger partial charge in [-0.05, 0) is 29.3 Å². The van der Waals surface area contributed by atoms with Crippen LogP contribution in [0.5, 0.6) is 5.75 Å². The molecule has 0 aliphatic carbocycles. The molecule has 2 N–H and O–H groups in total. The molecule has 2 aromatic carbocycles. The summed E-state index contributed by atoms with van der Waals surface area (Å²) < 4.78 is 10.8. The first kappa shape index (κ1) is 22.1. The number of carbonyl (C=O) groups excluding carboxylic acids is 2. The highest BCUT2D eigenvalue weighted by Crippen LogP contribution is 2.24. The van der Waals surface area contributed by atoms with Gasteiger partial charge in [-0.1, -0.05) is 41.9 Å². The number of nitrogens with zero attached hydrogens (tertiary/aromatic N) is 1. The number of nitrogens with one attached hydrogen (secondary N) is 2. The summed E-state index contributed by atoms with van der Waals surface area (Å²) >= 11 is 6.09. The third-order valence-electron chi connectivity index (χ3n) is 5.02. The minimum Gasteiger partial charge on any atom is -0.497 e. The Labute approximate surface area is 181 Å². The third kappa shape index (κ3) is 5.95. The van der Waals surface area contributed by atoms with Crippen LogP contribution in [-0.2, 0) is 20.9 Å². The second-order valence-corrected chi connectivity index (χ2v) is 7.33. The molecule has 1 aliphatic rings. The van der Waals surface area contributed by atoms with Gasteiger partial charge in [0.05, 0.1) is 26.4 Å². The van der Waals surface area contributed by atoms with Crippen LogP contribution in [0.2, 0.25) is 5.02 Å². The molecule has 7 nitrogen and oxygen atoms in total. The molecule has 0 unspecified atom stereocenters. The second kappa shape index (κ2) is 11.0. The van der Waals surface area contributed by atoms with Crippen molar-refractivity contribution < 1.29 is 19.1 Å². The largest absolute Gasteiger partial charge is 0.497 e. The zero-order valence-corrected chi connectivity index (χ0v) is 17.7. The highest BCUT2D eigenvalue weighted by molar-refractivity contribution is 6.35. The van der Waals surface area contributed by atoms with Crippen molar-refractivity contribution in [2.24, 2.45) is 0 Å². The van der Waals surface area contributed by atoms with E-state index in [1.165, 1.54) is 0 Å². The lowest BCUT2D eigenvalue weighted by Crippen LogP contribution is -2.46. The maximum absolute atomic E-state index is 12.4. The Balaban J connectivity index is 1.61. The number of amides is 2. The Morgan fingerprint density at radius 3 is 2.57 bits per heavy atom. The van der Waals surface area contributed by atoms with E-state index in [-0.39, 0.29) is 12.6 Å². The fraction of sp³-hybridized carbons (Fsp3) is 0.364. The maximum Gasteiger partial charge on any atom is 0.309 e. The normalized spacial score (nSPS) is 15.3. The number of morpholine rings is 1. The SMILES string of the molecule is COc1cccc([C@@H](CNC(=O)C(=O)NCc2ccccc2Cl)N2CCOCC2)c1. The van der Waals surface area contributed by atoms with Gasteiger partial charge in [-0.3, -0.25) is 14.5 Å². The molecule has 1 saturated heterocycles. The molecular formula is C22H26ClN3O4. The van der Waals surface area contributed by atoms with Crippen LogP contribution in [0.15, 0.2) is 48.5 Å². The van der Waals surface area contributed by atoms with Gasteiger partial charge in [0.1, 0.15) is 5.75 Å². The fourth-order valence-corrected chi connectivity index (χ4v) is 3.57. The number of carbonyl (C=O) groups is 2. The van der Waals surface area contributed by atoms with Gasteiger partial charge in [-0.2, -0.15) is 0 Å². The summed E-state index contributed by atoms with van der Waals surface area (Å²) in [7, 11) is 1.62. The molecule has 2 aromatic rings. The van der Waals surface area contributed by atoms with Gasteiger partial charge in [0.25, 0.3) is 0 Å². The van der Waals surface area contributed by atoms with E-state index in [1.807, 2.05) is 36.4 Å². The molecule has 3 rings (SSSR count). The zero-order chi connectivity index (χ0) is 21.3. The Morgan fingerprint density at radius 1 is 1.10 bits per heavy atom. The summed E-state index contributed by atoms with van der Waals surface area (Å²) in [5, 5.41) is 5.92. The van der Waals surface area contributed by atoms with Crippen molar-refractivity contribution >= 4 is 23.4 Å². The molecule has 0 bridgehead atoms. The smallest absolute Gasteiger partial charge is 0.309 e. The standard InChI is InChI=1S/C22H26ClN3O4/c1-29-18-7-4-6-16(13-18)20(26-9-11-30-12-10-26)15-25-22(28)21(27)24-14-17-5-2-3-8-19(17)23/h2-8,13,20H,9-12,14-15H2,1H3,(H,24,27)(H,25,28)/t20-/m1/s1. The number of halogens is 1. The molecule has 8 heteroatoms. The van der Waals surface area contributed by atoms with Crippen molar-refractivity contribution in [3.05, 3.63) is 64.7 Å². The van der Waals surface area contributed by atoms with E-state index >= 15 is 0 Å². The van der Waals surface area contributed by atoms with Crippen LogP contribution in [0, 0.1) is 0 Å². The van der Waals surface area contributed by atoms with Crippen LogP contribution in [0.25, 0.3) is 0 Å². The fourth-order valence-electron chi connectivity index (χ4n) is 3.36. The average molecular weight is 432 g/mol. The van der Waals surface area contributed by atoms with E-state index in [0.29, 0.717) is 24.8 Å². The lowest BCUT2D eigenvalue weighted by atomic mass is 10.0. The molecule has 30 heavy (non-hydrogen) atoms. The molecule has 1 heterocycles. The van der Waals surface area contributed by atoms with E-state index in [2.05, 4.69) is 15.5 Å². The van der Waals surface area contributed by atoms with E-state index in [9.17, 15) is 9.59 Å². The molecule has 0 spiro atoms. The first-order chi connectivity index (χ1) is 14.6. The number of rotatable bonds is 7. The number of ether oxygens (including phenoxy) is 2. The highest BCUT2D eigenvalue weighted by Gasteiger charge is 2.25. The highest BCUT2D eigenvalue weighted by atomic mass is 35.5. The van der Waals surface area contributed by atoms with E-state index in [4.69, 9.17) is 21.1 Å². The molecular weight excluding hydrogens is 406 g/mol. The average Bonchev–Trinajstić information content (AvgIpc) is 2.79. The van der Waals surface area contributed by atoms with Crippen molar-refractivity contribution in [1.82, 2.24) is 15.5 Å². The molecule has 0 saturated carbocycles. The minimum absolute atomic E-state index is 0.0932. The number of hydrogen-bond donors (Lipinski definition) is 2. The lowest BCUT2D eigenvalue weighted by molar-refractivity contribution is -0.139. The van der Waals surface area contributed by atoms with Gasteiger partial charge >= 0.3 is 11.8 Å².